The lowest BCUT2D eigenvalue weighted by atomic mass is 10.0. The second kappa shape index (κ2) is 9.39. The molecule has 1 heterocycles. The average Bonchev–Trinajstić information content (AvgIpc) is 2.53. The number of H-pyrrole nitrogens is 1. The maximum Gasteiger partial charge on any atom is 0.328 e. The number of benzene rings is 1. The van der Waals surface area contributed by atoms with Crippen LogP contribution in [0.5, 0.6) is 0 Å². The van der Waals surface area contributed by atoms with Crippen LogP contribution < -0.4 is 22.3 Å². The number of hydrogen-bond acceptors (Lipinski definition) is 4. The second-order valence-electron chi connectivity index (χ2n) is 6.31. The first-order valence-electron chi connectivity index (χ1n) is 8.13. The van der Waals surface area contributed by atoms with Crippen LogP contribution in [0.2, 0.25) is 0 Å². The Morgan fingerprint density at radius 1 is 1.28 bits per heavy atom. The summed E-state index contributed by atoms with van der Waals surface area (Å²) in [7, 11) is 0. The van der Waals surface area contributed by atoms with Gasteiger partial charge in [0.1, 0.15) is 0 Å². The third kappa shape index (κ3) is 5.44. The van der Waals surface area contributed by atoms with E-state index in [1.807, 2.05) is 0 Å². The number of aromatic nitrogens is 2. The molecule has 138 valence electrons. The Balaban J connectivity index is 0.00000312. The Bertz CT molecular complexity index is 828. The molecule has 4 N–H and O–H groups in total. The summed E-state index contributed by atoms with van der Waals surface area (Å²) in [4.78, 5) is 38.3. The van der Waals surface area contributed by atoms with Crippen molar-refractivity contribution < 1.29 is 4.79 Å². The summed E-state index contributed by atoms with van der Waals surface area (Å²) in [6.45, 7) is 4.72. The maximum atomic E-state index is 12.1. The van der Waals surface area contributed by atoms with Crippen LogP contribution in [-0.4, -0.2) is 28.0 Å². The number of carbonyl (C=O) groups excluding carboxylic acids is 1. The lowest BCUT2D eigenvalue weighted by molar-refractivity contribution is -0.122. The van der Waals surface area contributed by atoms with Crippen LogP contribution in [0.15, 0.2) is 33.9 Å². The molecule has 0 saturated heterocycles. The Morgan fingerprint density at radius 3 is 2.60 bits per heavy atom. The highest BCUT2D eigenvalue weighted by Gasteiger charge is 2.13. The largest absolute Gasteiger partial charge is 0.352 e. The van der Waals surface area contributed by atoms with Crippen LogP contribution in [0.25, 0.3) is 10.9 Å². The van der Waals surface area contributed by atoms with Crippen molar-refractivity contribution in [3.8, 4) is 0 Å². The molecule has 0 aliphatic heterocycles. The number of carbonyl (C=O) groups is 1. The van der Waals surface area contributed by atoms with Gasteiger partial charge in [-0.25, -0.2) is 4.79 Å². The van der Waals surface area contributed by atoms with Gasteiger partial charge in [0.25, 0.3) is 5.56 Å². The van der Waals surface area contributed by atoms with Crippen LogP contribution in [0.3, 0.4) is 0 Å². The van der Waals surface area contributed by atoms with Crippen molar-refractivity contribution >= 4 is 29.2 Å². The first kappa shape index (κ1) is 20.9. The maximum absolute atomic E-state index is 12.1. The molecule has 1 aromatic heterocycles. The number of fused-ring (bicyclic) bond motifs is 1. The summed E-state index contributed by atoms with van der Waals surface area (Å²) in [5.41, 5.74) is 5.28. The number of nitrogens with two attached hydrogens (primary N) is 1. The highest BCUT2D eigenvalue weighted by molar-refractivity contribution is 5.85. The quantitative estimate of drug-likeness (QED) is 0.676. The molecule has 0 radical (unpaired) electrons. The SMILES string of the molecule is CC(C)CC(CN)NC(=O)CCn1c(=O)[nH]c(=O)c2ccccc21.Cl. The molecule has 0 spiro atoms. The van der Waals surface area contributed by atoms with Gasteiger partial charge in [0.05, 0.1) is 10.9 Å². The van der Waals surface area contributed by atoms with Gasteiger partial charge in [-0.3, -0.25) is 19.1 Å². The minimum Gasteiger partial charge on any atom is -0.352 e. The molecule has 0 fully saturated rings. The number of para-hydroxylation sites is 1. The minimum atomic E-state index is -0.510. The molecule has 2 rings (SSSR count). The molecule has 8 heteroatoms. The third-order valence-corrected chi connectivity index (χ3v) is 3.87. The Hall–Kier alpha value is -2.12. The molecule has 7 nitrogen and oxygen atoms in total. The Morgan fingerprint density at radius 2 is 1.96 bits per heavy atom. The van der Waals surface area contributed by atoms with Crippen LogP contribution in [-0.2, 0) is 11.3 Å². The topological polar surface area (TPSA) is 110 Å². The highest BCUT2D eigenvalue weighted by atomic mass is 35.5. The van der Waals surface area contributed by atoms with E-state index in [1.54, 1.807) is 24.3 Å². The highest BCUT2D eigenvalue weighted by Crippen LogP contribution is 2.08. The van der Waals surface area contributed by atoms with Gasteiger partial charge in [-0.2, -0.15) is 0 Å². The number of aromatic amines is 1. The molecule has 1 atom stereocenters. The van der Waals surface area contributed by atoms with E-state index in [9.17, 15) is 14.4 Å². The zero-order chi connectivity index (χ0) is 17.7. The molecule has 0 bridgehead atoms. The molecule has 0 aliphatic carbocycles. The van der Waals surface area contributed by atoms with Crippen molar-refractivity contribution in [2.75, 3.05) is 6.54 Å². The number of nitrogens with one attached hydrogen (secondary N) is 2. The van der Waals surface area contributed by atoms with E-state index >= 15 is 0 Å². The fraction of sp³-hybridized carbons (Fsp3) is 0.471. The van der Waals surface area contributed by atoms with Crippen molar-refractivity contribution in [2.24, 2.45) is 11.7 Å². The van der Waals surface area contributed by atoms with Crippen molar-refractivity contribution in [2.45, 2.75) is 39.3 Å². The van der Waals surface area contributed by atoms with Crippen LogP contribution in [0.1, 0.15) is 26.7 Å². The van der Waals surface area contributed by atoms with Crippen LogP contribution in [0, 0.1) is 5.92 Å². The average molecular weight is 369 g/mol. The van der Waals surface area contributed by atoms with Gasteiger partial charge in [-0.15, -0.1) is 12.4 Å². The van der Waals surface area contributed by atoms with Gasteiger partial charge in [0, 0.05) is 25.6 Å². The molecule has 2 aromatic rings. The van der Waals surface area contributed by atoms with Crippen molar-refractivity contribution in [1.29, 1.82) is 0 Å². The molecule has 0 saturated carbocycles. The zero-order valence-electron chi connectivity index (χ0n) is 14.5. The fourth-order valence-electron chi connectivity index (χ4n) is 2.76. The molecule has 0 aliphatic rings. The van der Waals surface area contributed by atoms with Gasteiger partial charge in [-0.1, -0.05) is 26.0 Å². The van der Waals surface area contributed by atoms with E-state index in [-0.39, 0.29) is 37.3 Å². The van der Waals surface area contributed by atoms with E-state index in [0.29, 0.717) is 23.4 Å². The standard InChI is InChI=1S/C17H24N4O3.ClH/c1-11(2)9-12(10-18)19-15(22)7-8-21-14-6-4-3-5-13(14)16(23)20-17(21)24;/h3-6,11-12H,7-10,18H2,1-2H3,(H,19,22)(H,20,23,24);1H. The summed E-state index contributed by atoms with van der Waals surface area (Å²) < 4.78 is 1.41. The number of nitrogens with zero attached hydrogens (tertiary/aromatic N) is 1. The van der Waals surface area contributed by atoms with Crippen molar-refractivity contribution in [1.82, 2.24) is 14.9 Å². The first-order valence-corrected chi connectivity index (χ1v) is 8.13. The number of amides is 1. The van der Waals surface area contributed by atoms with Gasteiger partial charge in [0.2, 0.25) is 5.91 Å². The number of halogens is 1. The van der Waals surface area contributed by atoms with E-state index < -0.39 is 11.2 Å². The third-order valence-electron chi connectivity index (χ3n) is 3.87. The lowest BCUT2D eigenvalue weighted by Crippen LogP contribution is -2.41. The summed E-state index contributed by atoms with van der Waals surface area (Å²) in [6, 6.07) is 6.77. The number of aryl methyl sites for hydroxylation is 1. The predicted molar refractivity (Wildman–Crippen MR) is 101 cm³/mol. The molecular weight excluding hydrogens is 344 g/mol. The van der Waals surface area contributed by atoms with Crippen molar-refractivity contribution in [3.05, 3.63) is 45.1 Å². The number of rotatable bonds is 7. The van der Waals surface area contributed by atoms with E-state index in [4.69, 9.17) is 5.73 Å². The molecule has 25 heavy (non-hydrogen) atoms. The fourth-order valence-corrected chi connectivity index (χ4v) is 2.76. The summed E-state index contributed by atoms with van der Waals surface area (Å²) in [6.07, 6.45) is 0.953. The van der Waals surface area contributed by atoms with E-state index in [0.717, 1.165) is 6.42 Å². The van der Waals surface area contributed by atoms with E-state index in [2.05, 4.69) is 24.1 Å². The first-order chi connectivity index (χ1) is 11.4. The Kier molecular flexibility index (Phi) is 7.86. The second-order valence-corrected chi connectivity index (χ2v) is 6.31. The van der Waals surface area contributed by atoms with Crippen molar-refractivity contribution in [3.63, 3.8) is 0 Å². The summed E-state index contributed by atoms with van der Waals surface area (Å²) in [5.74, 6) is 0.276. The van der Waals surface area contributed by atoms with E-state index in [1.165, 1.54) is 4.57 Å². The normalized spacial score (nSPS) is 12.0. The van der Waals surface area contributed by atoms with Gasteiger partial charge in [0.15, 0.2) is 0 Å². The molecular formula is C17H25ClN4O3. The van der Waals surface area contributed by atoms with Crippen LogP contribution in [0.4, 0.5) is 0 Å². The Labute approximate surface area is 152 Å². The monoisotopic (exact) mass is 368 g/mol. The summed E-state index contributed by atoms with van der Waals surface area (Å²) in [5, 5.41) is 3.32. The lowest BCUT2D eigenvalue weighted by Gasteiger charge is -2.19. The predicted octanol–water partition coefficient (Wildman–Crippen LogP) is 0.991. The zero-order valence-corrected chi connectivity index (χ0v) is 15.3. The summed E-state index contributed by atoms with van der Waals surface area (Å²) >= 11 is 0. The molecule has 1 amide bonds. The molecule has 1 unspecified atom stereocenters. The van der Waals surface area contributed by atoms with Gasteiger partial charge in [-0.05, 0) is 24.5 Å². The minimum absolute atomic E-state index is 0. The van der Waals surface area contributed by atoms with Gasteiger partial charge < -0.3 is 11.1 Å². The smallest absolute Gasteiger partial charge is 0.328 e. The van der Waals surface area contributed by atoms with Gasteiger partial charge >= 0.3 is 5.69 Å². The number of hydrogen-bond donors (Lipinski definition) is 3. The van der Waals surface area contributed by atoms with Crippen LogP contribution >= 0.6 is 12.4 Å². The molecule has 1 aromatic carbocycles.